The van der Waals surface area contributed by atoms with Crippen LogP contribution in [0.4, 0.5) is 0 Å². The van der Waals surface area contributed by atoms with Crippen molar-refractivity contribution in [2.24, 2.45) is 4.99 Å². The first-order valence-electron chi connectivity index (χ1n) is 9.94. The standard InChI is InChI=1S/C21H31N5O2.HI/c1-17-23-9-10-26(17)15-19-6-3-5-18(13-19)14-25-21(22-2)24-8-4-11-28-20-7-12-27-16-20;/h3,5-6,9-10,13,20H,4,7-8,11-12,14-16H2,1-2H3,(H2,22,24,25);1H. The van der Waals surface area contributed by atoms with E-state index in [2.05, 4.69) is 49.4 Å². The molecule has 2 heterocycles. The fourth-order valence-corrected chi connectivity index (χ4v) is 3.19. The van der Waals surface area contributed by atoms with Crippen LogP contribution in [0.25, 0.3) is 0 Å². The highest BCUT2D eigenvalue weighted by atomic mass is 127. The number of hydrogen-bond donors (Lipinski definition) is 2. The number of imidazole rings is 1. The molecule has 3 rings (SSSR count). The lowest BCUT2D eigenvalue weighted by Crippen LogP contribution is -2.37. The van der Waals surface area contributed by atoms with Gasteiger partial charge in [0.25, 0.3) is 0 Å². The predicted molar refractivity (Wildman–Crippen MR) is 126 cm³/mol. The second-order valence-electron chi connectivity index (χ2n) is 6.98. The van der Waals surface area contributed by atoms with Gasteiger partial charge in [-0.25, -0.2) is 4.98 Å². The summed E-state index contributed by atoms with van der Waals surface area (Å²) in [6, 6.07) is 8.59. The summed E-state index contributed by atoms with van der Waals surface area (Å²) in [5.41, 5.74) is 2.49. The molecule has 1 fully saturated rings. The van der Waals surface area contributed by atoms with Gasteiger partial charge in [0.15, 0.2) is 5.96 Å². The number of nitrogens with one attached hydrogen (secondary N) is 2. The van der Waals surface area contributed by atoms with Gasteiger partial charge in [-0.3, -0.25) is 4.99 Å². The van der Waals surface area contributed by atoms with Gasteiger partial charge in [-0.05, 0) is 30.9 Å². The third-order valence-corrected chi connectivity index (χ3v) is 4.81. The van der Waals surface area contributed by atoms with Crippen molar-refractivity contribution in [3.63, 3.8) is 0 Å². The predicted octanol–water partition coefficient (Wildman–Crippen LogP) is 2.72. The minimum atomic E-state index is 0. The molecule has 29 heavy (non-hydrogen) atoms. The Bertz CT molecular complexity index is 759. The van der Waals surface area contributed by atoms with Crippen molar-refractivity contribution in [3.8, 4) is 0 Å². The number of nitrogens with zero attached hydrogens (tertiary/aromatic N) is 3. The summed E-state index contributed by atoms with van der Waals surface area (Å²) in [5.74, 6) is 1.83. The first-order valence-corrected chi connectivity index (χ1v) is 9.94. The number of rotatable bonds is 9. The zero-order chi connectivity index (χ0) is 19.6. The molecule has 1 aliphatic heterocycles. The van der Waals surface area contributed by atoms with E-state index in [9.17, 15) is 0 Å². The van der Waals surface area contributed by atoms with Gasteiger partial charge in [-0.1, -0.05) is 24.3 Å². The van der Waals surface area contributed by atoms with Crippen LogP contribution < -0.4 is 10.6 Å². The zero-order valence-electron chi connectivity index (χ0n) is 17.3. The van der Waals surface area contributed by atoms with Crippen LogP contribution in [0.15, 0.2) is 41.7 Å². The van der Waals surface area contributed by atoms with Crippen molar-refractivity contribution in [1.82, 2.24) is 20.2 Å². The number of aryl methyl sites for hydroxylation is 1. The normalized spacial score (nSPS) is 16.5. The van der Waals surface area contributed by atoms with E-state index < -0.39 is 0 Å². The van der Waals surface area contributed by atoms with Crippen LogP contribution in [0.5, 0.6) is 0 Å². The van der Waals surface area contributed by atoms with Gasteiger partial charge in [0.2, 0.25) is 0 Å². The molecule has 1 aromatic carbocycles. The molecule has 0 amide bonds. The van der Waals surface area contributed by atoms with E-state index >= 15 is 0 Å². The van der Waals surface area contributed by atoms with E-state index in [1.165, 1.54) is 11.1 Å². The van der Waals surface area contributed by atoms with E-state index in [1.54, 1.807) is 7.05 Å². The van der Waals surface area contributed by atoms with Gasteiger partial charge < -0.3 is 24.7 Å². The molecule has 1 saturated heterocycles. The Morgan fingerprint density at radius 3 is 2.93 bits per heavy atom. The van der Waals surface area contributed by atoms with Gasteiger partial charge in [0.1, 0.15) is 5.82 Å². The average molecular weight is 513 g/mol. The van der Waals surface area contributed by atoms with E-state index in [1.807, 2.05) is 19.3 Å². The minimum absolute atomic E-state index is 0. The van der Waals surface area contributed by atoms with Crippen LogP contribution in [-0.4, -0.2) is 55.0 Å². The molecule has 1 unspecified atom stereocenters. The second kappa shape index (κ2) is 12.8. The molecule has 1 atom stereocenters. The highest BCUT2D eigenvalue weighted by molar-refractivity contribution is 14.0. The monoisotopic (exact) mass is 513 g/mol. The maximum atomic E-state index is 5.78. The molecule has 0 bridgehead atoms. The topological polar surface area (TPSA) is 72.7 Å². The van der Waals surface area contributed by atoms with Crippen LogP contribution >= 0.6 is 24.0 Å². The smallest absolute Gasteiger partial charge is 0.191 e. The number of halogens is 1. The van der Waals surface area contributed by atoms with Crippen LogP contribution in [0.3, 0.4) is 0 Å². The maximum absolute atomic E-state index is 5.78. The van der Waals surface area contributed by atoms with E-state index in [-0.39, 0.29) is 30.1 Å². The number of aliphatic imine (C=N–C) groups is 1. The Labute approximate surface area is 190 Å². The number of ether oxygens (including phenoxy) is 2. The van der Waals surface area contributed by atoms with Crippen molar-refractivity contribution < 1.29 is 9.47 Å². The zero-order valence-corrected chi connectivity index (χ0v) is 19.6. The highest BCUT2D eigenvalue weighted by Crippen LogP contribution is 2.09. The molecule has 0 radical (unpaired) electrons. The van der Waals surface area contributed by atoms with E-state index in [0.717, 1.165) is 64.1 Å². The molecule has 2 aromatic rings. The molecule has 0 saturated carbocycles. The lowest BCUT2D eigenvalue weighted by Gasteiger charge is -2.14. The Morgan fingerprint density at radius 1 is 1.34 bits per heavy atom. The molecule has 1 aromatic heterocycles. The molecule has 2 N–H and O–H groups in total. The molecular formula is C21H32IN5O2. The molecule has 0 aliphatic carbocycles. The summed E-state index contributed by atoms with van der Waals surface area (Å²) in [5, 5.41) is 6.71. The van der Waals surface area contributed by atoms with E-state index in [4.69, 9.17) is 9.47 Å². The third-order valence-electron chi connectivity index (χ3n) is 4.81. The van der Waals surface area contributed by atoms with Crippen molar-refractivity contribution >= 4 is 29.9 Å². The first kappa shape index (κ1) is 23.6. The Kier molecular flexibility index (Phi) is 10.4. The van der Waals surface area contributed by atoms with Crippen LogP contribution in [0.2, 0.25) is 0 Å². The van der Waals surface area contributed by atoms with Crippen molar-refractivity contribution in [2.75, 3.05) is 33.4 Å². The molecular weight excluding hydrogens is 481 g/mol. The van der Waals surface area contributed by atoms with Crippen LogP contribution in [0, 0.1) is 6.92 Å². The summed E-state index contributed by atoms with van der Waals surface area (Å²) >= 11 is 0. The second-order valence-corrected chi connectivity index (χ2v) is 6.98. The van der Waals surface area contributed by atoms with Gasteiger partial charge in [-0.2, -0.15) is 0 Å². The number of benzene rings is 1. The van der Waals surface area contributed by atoms with Gasteiger partial charge in [0, 0.05) is 52.3 Å². The van der Waals surface area contributed by atoms with Crippen molar-refractivity contribution in [1.29, 1.82) is 0 Å². The Balaban J connectivity index is 0.00000300. The van der Waals surface area contributed by atoms with Gasteiger partial charge in [-0.15, -0.1) is 24.0 Å². The summed E-state index contributed by atoms with van der Waals surface area (Å²) < 4.78 is 13.2. The SMILES string of the molecule is CN=C(NCCCOC1CCOC1)NCc1cccc(Cn2ccnc2C)c1.I. The summed E-state index contributed by atoms with van der Waals surface area (Å²) in [7, 11) is 1.79. The molecule has 8 heteroatoms. The van der Waals surface area contributed by atoms with Crippen molar-refractivity contribution in [2.45, 2.75) is 39.0 Å². The molecule has 1 aliphatic rings. The number of aromatic nitrogens is 2. The minimum Gasteiger partial charge on any atom is -0.379 e. The van der Waals surface area contributed by atoms with Gasteiger partial charge >= 0.3 is 0 Å². The number of guanidine groups is 1. The molecule has 160 valence electrons. The summed E-state index contributed by atoms with van der Waals surface area (Å²) in [6.45, 7) is 6.71. The molecule has 0 spiro atoms. The Morgan fingerprint density at radius 2 is 2.21 bits per heavy atom. The van der Waals surface area contributed by atoms with E-state index in [0.29, 0.717) is 0 Å². The fourth-order valence-electron chi connectivity index (χ4n) is 3.19. The lowest BCUT2D eigenvalue weighted by atomic mass is 10.1. The average Bonchev–Trinajstić information content (AvgIpc) is 3.36. The maximum Gasteiger partial charge on any atom is 0.191 e. The number of hydrogen-bond acceptors (Lipinski definition) is 4. The third kappa shape index (κ3) is 7.94. The fraction of sp³-hybridized carbons (Fsp3) is 0.524. The first-order chi connectivity index (χ1) is 13.7. The summed E-state index contributed by atoms with van der Waals surface area (Å²) in [6.07, 6.45) is 6.07. The Hall–Kier alpha value is -1.65. The van der Waals surface area contributed by atoms with Crippen LogP contribution in [0.1, 0.15) is 29.8 Å². The quantitative estimate of drug-likeness (QED) is 0.234. The summed E-state index contributed by atoms with van der Waals surface area (Å²) in [4.78, 5) is 8.58. The largest absolute Gasteiger partial charge is 0.379 e. The molecule has 7 nitrogen and oxygen atoms in total. The highest BCUT2D eigenvalue weighted by Gasteiger charge is 2.15. The van der Waals surface area contributed by atoms with Crippen LogP contribution in [-0.2, 0) is 22.6 Å². The van der Waals surface area contributed by atoms with Gasteiger partial charge in [0.05, 0.1) is 12.7 Å². The lowest BCUT2D eigenvalue weighted by molar-refractivity contribution is 0.0420. The van der Waals surface area contributed by atoms with Crippen molar-refractivity contribution in [3.05, 3.63) is 53.6 Å².